The molecule has 1 N–H and O–H groups in total. The Balaban J connectivity index is 1.72. The zero-order valence-corrected chi connectivity index (χ0v) is 20.4. The van der Waals surface area contributed by atoms with Gasteiger partial charge in [-0.05, 0) is 35.9 Å². The third kappa shape index (κ3) is 7.46. The molecule has 0 bridgehead atoms. The highest BCUT2D eigenvalue weighted by molar-refractivity contribution is 7.92. The highest BCUT2D eigenvalue weighted by Crippen LogP contribution is 2.36. The molecule has 0 unspecified atom stereocenters. The van der Waals surface area contributed by atoms with Crippen LogP contribution in [0.15, 0.2) is 77.9 Å². The molecule has 3 rings (SSSR count). The monoisotopic (exact) mass is 539 g/mol. The molecule has 12 heteroatoms. The zero-order chi connectivity index (χ0) is 26.3. The van der Waals surface area contributed by atoms with Gasteiger partial charge in [0.05, 0.1) is 28.7 Å². The molecule has 0 aliphatic rings. The first-order valence-electron chi connectivity index (χ1n) is 10.4. The van der Waals surface area contributed by atoms with Crippen molar-refractivity contribution < 1.29 is 31.1 Å². The Morgan fingerprint density at radius 3 is 2.42 bits per heavy atom. The summed E-state index contributed by atoms with van der Waals surface area (Å²) in [5.41, 5.74) is 2.07. The van der Waals surface area contributed by atoms with Gasteiger partial charge in [0.2, 0.25) is 10.0 Å². The van der Waals surface area contributed by atoms with Crippen molar-refractivity contribution in [1.82, 2.24) is 5.43 Å². The summed E-state index contributed by atoms with van der Waals surface area (Å²) in [4.78, 5) is 12.4. The van der Waals surface area contributed by atoms with Gasteiger partial charge in [0.25, 0.3) is 5.91 Å². The lowest BCUT2D eigenvalue weighted by atomic mass is 10.2. The second-order valence-corrected chi connectivity index (χ2v) is 9.85. The Kier molecular flexibility index (Phi) is 8.59. The molecule has 0 saturated carbocycles. The van der Waals surface area contributed by atoms with E-state index in [9.17, 15) is 26.4 Å². The molecule has 36 heavy (non-hydrogen) atoms. The van der Waals surface area contributed by atoms with Crippen molar-refractivity contribution in [2.24, 2.45) is 5.10 Å². The second-order valence-electron chi connectivity index (χ2n) is 7.54. The summed E-state index contributed by atoms with van der Waals surface area (Å²) < 4.78 is 70.1. The van der Waals surface area contributed by atoms with Crippen LogP contribution >= 0.6 is 11.6 Å². The molecular weight excluding hydrogens is 519 g/mol. The maximum Gasteiger partial charge on any atom is 0.416 e. The number of hydrazone groups is 1. The molecule has 0 saturated heterocycles. The first-order chi connectivity index (χ1) is 16.9. The summed E-state index contributed by atoms with van der Waals surface area (Å²) >= 11 is 5.96. The minimum absolute atomic E-state index is 0.269. The van der Waals surface area contributed by atoms with Gasteiger partial charge in [-0.1, -0.05) is 54.1 Å². The van der Waals surface area contributed by atoms with Crippen LogP contribution in [-0.4, -0.2) is 33.3 Å². The van der Waals surface area contributed by atoms with Crippen molar-refractivity contribution in [3.05, 3.63) is 94.5 Å². The molecule has 0 spiro atoms. The quantitative estimate of drug-likeness (QED) is 0.311. The third-order valence-electron chi connectivity index (χ3n) is 4.78. The van der Waals surface area contributed by atoms with Crippen molar-refractivity contribution >= 4 is 39.4 Å². The molecule has 7 nitrogen and oxygen atoms in total. The molecule has 0 aliphatic heterocycles. The van der Waals surface area contributed by atoms with Crippen molar-refractivity contribution in [3.8, 4) is 5.75 Å². The molecule has 0 aliphatic carbocycles. The number of anilines is 1. The molecule has 3 aromatic rings. The van der Waals surface area contributed by atoms with Gasteiger partial charge in [0, 0.05) is 5.56 Å². The minimum Gasteiger partial charge on any atom is -0.488 e. The molecule has 0 aromatic heterocycles. The predicted molar refractivity (Wildman–Crippen MR) is 132 cm³/mol. The fraction of sp³-hybridized carbons (Fsp3) is 0.167. The number of hydrogen-bond donors (Lipinski definition) is 1. The van der Waals surface area contributed by atoms with Crippen molar-refractivity contribution in [3.63, 3.8) is 0 Å². The van der Waals surface area contributed by atoms with Crippen molar-refractivity contribution in [2.45, 2.75) is 12.8 Å². The maximum atomic E-state index is 13.1. The number of rotatable bonds is 9. The summed E-state index contributed by atoms with van der Waals surface area (Å²) in [5.74, 6) is -0.402. The fourth-order valence-electron chi connectivity index (χ4n) is 3.05. The zero-order valence-electron chi connectivity index (χ0n) is 18.9. The van der Waals surface area contributed by atoms with E-state index in [2.05, 4.69) is 10.5 Å². The lowest BCUT2D eigenvalue weighted by Gasteiger charge is -2.23. The van der Waals surface area contributed by atoms with Crippen molar-refractivity contribution in [1.29, 1.82) is 0 Å². The van der Waals surface area contributed by atoms with E-state index in [1.54, 1.807) is 24.3 Å². The standard InChI is InChI=1S/C24H21ClF3N3O4S/c1-36(33,34)31(21-13-19(24(26,27)28)11-12-20(21)25)15-23(32)30-29-14-18-9-5-6-10-22(18)35-16-17-7-3-2-4-8-17/h2-14H,15-16H2,1H3,(H,30,32)/b29-14-. The predicted octanol–water partition coefficient (Wildman–Crippen LogP) is 4.85. The number of nitrogens with zero attached hydrogens (tertiary/aromatic N) is 2. The molecule has 1 amide bonds. The molecule has 0 heterocycles. The van der Waals surface area contributed by atoms with Gasteiger partial charge in [-0.2, -0.15) is 18.3 Å². The van der Waals surface area contributed by atoms with Gasteiger partial charge >= 0.3 is 6.18 Å². The van der Waals surface area contributed by atoms with Crippen LogP contribution in [0.5, 0.6) is 5.75 Å². The number of hydrogen-bond acceptors (Lipinski definition) is 5. The van der Waals surface area contributed by atoms with Crippen LogP contribution in [0.25, 0.3) is 0 Å². The molecule has 0 atom stereocenters. The van der Waals surface area contributed by atoms with Crippen LogP contribution < -0.4 is 14.5 Å². The summed E-state index contributed by atoms with van der Waals surface area (Å²) in [5, 5.41) is 3.56. The first kappa shape index (κ1) is 27.0. The number of nitrogens with one attached hydrogen (secondary N) is 1. The Morgan fingerprint density at radius 2 is 1.75 bits per heavy atom. The lowest BCUT2D eigenvalue weighted by molar-refractivity contribution is -0.137. The number of benzene rings is 3. The normalized spacial score (nSPS) is 11.9. The summed E-state index contributed by atoms with van der Waals surface area (Å²) in [6.07, 6.45) is -2.67. The Bertz CT molecular complexity index is 1350. The van der Waals surface area contributed by atoms with E-state index < -0.39 is 39.9 Å². The smallest absolute Gasteiger partial charge is 0.416 e. The number of amides is 1. The van der Waals surface area contributed by atoms with Crippen LogP contribution in [0.3, 0.4) is 0 Å². The third-order valence-corrected chi connectivity index (χ3v) is 6.22. The second kappa shape index (κ2) is 11.4. The number of ether oxygens (including phenoxy) is 1. The first-order valence-corrected chi connectivity index (χ1v) is 12.6. The number of sulfonamides is 1. The van der Waals surface area contributed by atoms with E-state index in [0.717, 1.165) is 17.9 Å². The molecule has 3 aromatic carbocycles. The number of para-hydroxylation sites is 1. The van der Waals surface area contributed by atoms with Gasteiger partial charge in [0.15, 0.2) is 0 Å². The van der Waals surface area contributed by atoms with Crippen LogP contribution in [0.1, 0.15) is 16.7 Å². The van der Waals surface area contributed by atoms with Gasteiger partial charge in [-0.3, -0.25) is 9.10 Å². The van der Waals surface area contributed by atoms with E-state index in [-0.39, 0.29) is 5.02 Å². The van der Waals surface area contributed by atoms with E-state index in [1.165, 1.54) is 6.21 Å². The van der Waals surface area contributed by atoms with Crippen LogP contribution in [0.2, 0.25) is 5.02 Å². The van der Waals surface area contributed by atoms with E-state index in [1.807, 2.05) is 30.3 Å². The van der Waals surface area contributed by atoms with E-state index in [4.69, 9.17) is 16.3 Å². The van der Waals surface area contributed by atoms with E-state index in [0.29, 0.717) is 34.4 Å². The summed E-state index contributed by atoms with van der Waals surface area (Å²) in [6, 6.07) is 18.6. The highest BCUT2D eigenvalue weighted by atomic mass is 35.5. The topological polar surface area (TPSA) is 88.1 Å². The number of alkyl halides is 3. The minimum atomic E-state index is -4.73. The van der Waals surface area contributed by atoms with Gasteiger partial charge in [-0.25, -0.2) is 13.8 Å². The van der Waals surface area contributed by atoms with E-state index >= 15 is 0 Å². The molecular formula is C24H21ClF3N3O4S. The number of carbonyl (C=O) groups excluding carboxylic acids is 1. The fourth-order valence-corrected chi connectivity index (χ4v) is 4.18. The number of halogens is 4. The van der Waals surface area contributed by atoms with Crippen LogP contribution in [0.4, 0.5) is 18.9 Å². The summed E-state index contributed by atoms with van der Waals surface area (Å²) in [6.45, 7) is -0.539. The van der Waals surface area contributed by atoms with Gasteiger partial charge in [0.1, 0.15) is 18.9 Å². The highest BCUT2D eigenvalue weighted by Gasteiger charge is 2.33. The molecule has 190 valence electrons. The van der Waals surface area contributed by atoms with Crippen LogP contribution in [0, 0.1) is 0 Å². The summed E-state index contributed by atoms with van der Waals surface area (Å²) in [7, 11) is -4.17. The van der Waals surface area contributed by atoms with Gasteiger partial charge in [-0.15, -0.1) is 0 Å². The Hall–Kier alpha value is -3.57. The molecule has 0 fully saturated rings. The average Bonchev–Trinajstić information content (AvgIpc) is 2.82. The number of carbonyl (C=O) groups is 1. The average molecular weight is 540 g/mol. The maximum absolute atomic E-state index is 13.1. The largest absolute Gasteiger partial charge is 0.488 e. The van der Waals surface area contributed by atoms with Crippen molar-refractivity contribution in [2.75, 3.05) is 17.1 Å². The Labute approximate surface area is 211 Å². The lowest BCUT2D eigenvalue weighted by Crippen LogP contribution is -2.39. The van der Waals surface area contributed by atoms with Crippen LogP contribution in [-0.2, 0) is 27.6 Å². The Morgan fingerprint density at radius 1 is 1.08 bits per heavy atom. The SMILES string of the molecule is CS(=O)(=O)N(CC(=O)N/N=C\c1ccccc1OCc1ccccc1)c1cc(C(F)(F)F)ccc1Cl. The van der Waals surface area contributed by atoms with Gasteiger partial charge < -0.3 is 4.74 Å². The molecule has 0 radical (unpaired) electrons.